The lowest BCUT2D eigenvalue weighted by molar-refractivity contribution is 0.154. The van der Waals surface area contributed by atoms with Crippen LogP contribution in [0, 0.1) is 13.8 Å². The second-order valence-corrected chi connectivity index (χ2v) is 7.87. The minimum absolute atomic E-state index is 0.0393. The fourth-order valence-corrected chi connectivity index (χ4v) is 3.61. The van der Waals surface area contributed by atoms with Gasteiger partial charge in [-0.2, -0.15) is 4.31 Å². The van der Waals surface area contributed by atoms with Crippen LogP contribution in [0.4, 0.5) is 0 Å². The molecule has 0 aliphatic heterocycles. The van der Waals surface area contributed by atoms with Gasteiger partial charge >= 0.3 is 0 Å². The van der Waals surface area contributed by atoms with E-state index in [-0.39, 0.29) is 11.4 Å². The van der Waals surface area contributed by atoms with Crippen molar-refractivity contribution in [3.8, 4) is 5.75 Å². The zero-order valence-electron chi connectivity index (χ0n) is 14.4. The molecule has 1 unspecified atom stereocenters. The number of methoxy groups -OCH3 is 1. The number of aliphatic hydroxyl groups is 1. The molecular formula is C18H23NO4S. The number of nitrogens with zero attached hydrogens (tertiary/aromatic N) is 1. The van der Waals surface area contributed by atoms with Crippen LogP contribution in [0.15, 0.2) is 47.4 Å². The highest BCUT2D eigenvalue weighted by Gasteiger charge is 2.24. The summed E-state index contributed by atoms with van der Waals surface area (Å²) in [6.07, 6.45) is -0.938. The van der Waals surface area contributed by atoms with Crippen LogP contribution in [-0.4, -0.2) is 38.5 Å². The van der Waals surface area contributed by atoms with Crippen molar-refractivity contribution < 1.29 is 18.3 Å². The maximum Gasteiger partial charge on any atom is 0.242 e. The topological polar surface area (TPSA) is 66.8 Å². The van der Waals surface area contributed by atoms with Crippen molar-refractivity contribution in [2.75, 3.05) is 20.7 Å². The van der Waals surface area contributed by atoms with Crippen LogP contribution in [0.25, 0.3) is 0 Å². The molecule has 1 N–H and O–H groups in total. The zero-order chi connectivity index (χ0) is 17.9. The maximum atomic E-state index is 12.7. The van der Waals surface area contributed by atoms with E-state index in [0.717, 1.165) is 11.1 Å². The summed E-state index contributed by atoms with van der Waals surface area (Å²) in [5, 5.41) is 10.4. The number of hydrogen-bond donors (Lipinski definition) is 1. The Morgan fingerprint density at radius 3 is 2.46 bits per heavy atom. The summed E-state index contributed by atoms with van der Waals surface area (Å²) in [6.45, 7) is 3.77. The van der Waals surface area contributed by atoms with Crippen molar-refractivity contribution in [1.29, 1.82) is 0 Å². The van der Waals surface area contributed by atoms with Crippen molar-refractivity contribution in [1.82, 2.24) is 4.31 Å². The van der Waals surface area contributed by atoms with Crippen LogP contribution in [0.1, 0.15) is 22.8 Å². The summed E-state index contributed by atoms with van der Waals surface area (Å²) in [6, 6.07) is 12.0. The highest BCUT2D eigenvalue weighted by atomic mass is 32.2. The second-order valence-electron chi connectivity index (χ2n) is 5.82. The molecule has 0 aliphatic rings. The summed E-state index contributed by atoms with van der Waals surface area (Å²) in [5.41, 5.74) is 2.56. The number of likely N-dealkylation sites (N-methyl/N-ethyl adjacent to an activating group) is 1. The Hall–Kier alpha value is -1.89. The van der Waals surface area contributed by atoms with Gasteiger partial charge in [-0.1, -0.05) is 18.2 Å². The average Bonchev–Trinajstić information content (AvgIpc) is 2.57. The molecule has 0 heterocycles. The van der Waals surface area contributed by atoms with Crippen LogP contribution in [-0.2, 0) is 10.0 Å². The first-order valence-corrected chi connectivity index (χ1v) is 9.05. The van der Waals surface area contributed by atoms with Gasteiger partial charge in [-0.05, 0) is 54.8 Å². The van der Waals surface area contributed by atoms with E-state index in [4.69, 9.17) is 4.74 Å². The molecule has 5 nitrogen and oxygen atoms in total. The van der Waals surface area contributed by atoms with Gasteiger partial charge in [-0.3, -0.25) is 0 Å². The molecule has 2 aromatic rings. The Balaban J connectivity index is 2.20. The van der Waals surface area contributed by atoms with E-state index in [9.17, 15) is 13.5 Å². The lowest BCUT2D eigenvalue weighted by Crippen LogP contribution is -2.31. The molecule has 6 heteroatoms. The maximum absolute atomic E-state index is 12.7. The Morgan fingerprint density at radius 2 is 1.83 bits per heavy atom. The van der Waals surface area contributed by atoms with E-state index in [1.807, 2.05) is 13.8 Å². The van der Waals surface area contributed by atoms with Crippen molar-refractivity contribution in [3.05, 3.63) is 59.2 Å². The van der Waals surface area contributed by atoms with Crippen LogP contribution < -0.4 is 4.74 Å². The van der Waals surface area contributed by atoms with Gasteiger partial charge in [0.15, 0.2) is 0 Å². The number of benzene rings is 2. The van der Waals surface area contributed by atoms with Crippen molar-refractivity contribution in [3.63, 3.8) is 0 Å². The first kappa shape index (κ1) is 18.4. The first-order chi connectivity index (χ1) is 11.3. The Morgan fingerprint density at radius 1 is 1.12 bits per heavy atom. The molecule has 130 valence electrons. The van der Waals surface area contributed by atoms with Gasteiger partial charge in [0.2, 0.25) is 10.0 Å². The van der Waals surface area contributed by atoms with Gasteiger partial charge in [0.1, 0.15) is 5.75 Å². The van der Waals surface area contributed by atoms with E-state index in [1.54, 1.807) is 49.6 Å². The molecular weight excluding hydrogens is 326 g/mol. The lowest BCUT2D eigenvalue weighted by Gasteiger charge is -2.21. The number of aliphatic hydroxyl groups excluding tert-OH is 1. The van der Waals surface area contributed by atoms with Gasteiger partial charge in [0, 0.05) is 13.6 Å². The molecule has 0 saturated heterocycles. The number of sulfonamides is 1. The summed E-state index contributed by atoms with van der Waals surface area (Å²) >= 11 is 0. The van der Waals surface area contributed by atoms with Crippen LogP contribution in [0.5, 0.6) is 5.75 Å². The monoisotopic (exact) mass is 349 g/mol. The fourth-order valence-electron chi connectivity index (χ4n) is 2.35. The molecule has 2 rings (SSSR count). The highest BCUT2D eigenvalue weighted by molar-refractivity contribution is 7.89. The number of ether oxygens (including phenoxy) is 1. The van der Waals surface area contributed by atoms with Gasteiger partial charge in [0.05, 0.1) is 18.1 Å². The number of aryl methyl sites for hydroxylation is 2. The summed E-state index contributed by atoms with van der Waals surface area (Å²) in [5.74, 6) is 0.617. The van der Waals surface area contributed by atoms with Gasteiger partial charge in [-0.15, -0.1) is 0 Å². The van der Waals surface area contributed by atoms with E-state index in [2.05, 4.69) is 0 Å². The molecule has 0 bridgehead atoms. The quantitative estimate of drug-likeness (QED) is 0.871. The van der Waals surface area contributed by atoms with Gasteiger partial charge < -0.3 is 9.84 Å². The van der Waals surface area contributed by atoms with E-state index < -0.39 is 16.1 Å². The van der Waals surface area contributed by atoms with E-state index in [1.165, 1.54) is 11.4 Å². The third-order valence-electron chi connectivity index (χ3n) is 4.10. The van der Waals surface area contributed by atoms with Crippen LogP contribution in [0.3, 0.4) is 0 Å². The molecule has 0 saturated carbocycles. The molecule has 0 spiro atoms. The number of rotatable bonds is 6. The third-order valence-corrected chi connectivity index (χ3v) is 5.91. The molecule has 24 heavy (non-hydrogen) atoms. The fraction of sp³-hybridized carbons (Fsp3) is 0.333. The largest absolute Gasteiger partial charge is 0.497 e. The molecule has 0 fully saturated rings. The third kappa shape index (κ3) is 3.95. The minimum Gasteiger partial charge on any atom is -0.497 e. The number of hydrogen-bond acceptors (Lipinski definition) is 4. The van der Waals surface area contributed by atoms with Gasteiger partial charge in [0.25, 0.3) is 0 Å². The van der Waals surface area contributed by atoms with Gasteiger partial charge in [-0.25, -0.2) is 8.42 Å². The SMILES string of the molecule is COc1cccc(C(O)CN(C)S(=O)(=O)c2ccc(C)c(C)c2)c1. The van der Waals surface area contributed by atoms with Crippen LogP contribution in [0.2, 0.25) is 0 Å². The Bertz CT molecular complexity index is 818. The summed E-state index contributed by atoms with van der Waals surface area (Å²) in [4.78, 5) is 0.228. The molecule has 1 atom stereocenters. The minimum atomic E-state index is -3.65. The predicted octanol–water partition coefficient (Wildman–Crippen LogP) is 2.67. The van der Waals surface area contributed by atoms with Crippen molar-refractivity contribution in [2.24, 2.45) is 0 Å². The van der Waals surface area contributed by atoms with Crippen molar-refractivity contribution in [2.45, 2.75) is 24.8 Å². The zero-order valence-corrected chi connectivity index (χ0v) is 15.2. The lowest BCUT2D eigenvalue weighted by atomic mass is 10.1. The smallest absolute Gasteiger partial charge is 0.242 e. The van der Waals surface area contributed by atoms with E-state index >= 15 is 0 Å². The Labute approximate surface area is 143 Å². The predicted molar refractivity (Wildman–Crippen MR) is 93.7 cm³/mol. The van der Waals surface area contributed by atoms with E-state index in [0.29, 0.717) is 11.3 Å². The Kier molecular flexibility index (Phi) is 5.64. The molecule has 0 amide bonds. The van der Waals surface area contributed by atoms with Crippen molar-refractivity contribution >= 4 is 10.0 Å². The highest BCUT2D eigenvalue weighted by Crippen LogP contribution is 2.23. The molecule has 0 radical (unpaired) electrons. The normalized spacial score (nSPS) is 13.1. The van der Waals surface area contributed by atoms with Crippen LogP contribution >= 0.6 is 0 Å². The average molecular weight is 349 g/mol. The summed E-state index contributed by atoms with van der Waals surface area (Å²) < 4.78 is 31.6. The second kappa shape index (κ2) is 7.34. The molecule has 2 aromatic carbocycles. The molecule has 0 aromatic heterocycles. The standard InChI is InChI=1S/C18H23NO4S/c1-13-8-9-17(10-14(13)2)24(21,22)19(3)12-18(20)15-6-5-7-16(11-15)23-4/h5-11,18,20H,12H2,1-4H3. The molecule has 0 aliphatic carbocycles. The summed E-state index contributed by atoms with van der Waals surface area (Å²) in [7, 11) is -0.645. The first-order valence-electron chi connectivity index (χ1n) is 7.61.